The van der Waals surface area contributed by atoms with Gasteiger partial charge < -0.3 is 5.32 Å². The van der Waals surface area contributed by atoms with Crippen molar-refractivity contribution < 1.29 is 0 Å². The van der Waals surface area contributed by atoms with Crippen molar-refractivity contribution in [3.63, 3.8) is 0 Å². The fourth-order valence-electron chi connectivity index (χ4n) is 1.38. The summed E-state index contributed by atoms with van der Waals surface area (Å²) in [6.07, 6.45) is 2.11. The molecule has 0 atom stereocenters. The molecule has 0 spiro atoms. The smallest absolute Gasteiger partial charge is 0.0721 e. The van der Waals surface area contributed by atoms with Gasteiger partial charge in [-0.15, -0.1) is 0 Å². The molecule has 0 saturated carbocycles. The summed E-state index contributed by atoms with van der Waals surface area (Å²) >= 11 is 15.6. The average molecular weight is 311 g/mol. The minimum atomic E-state index is 0.418. The lowest BCUT2D eigenvalue weighted by Gasteiger charge is -2.18. The van der Waals surface area contributed by atoms with Crippen LogP contribution in [-0.4, -0.2) is 6.04 Å². The lowest BCUT2D eigenvalue weighted by molar-refractivity contribution is 0.672. The van der Waals surface area contributed by atoms with E-state index >= 15 is 0 Å². The highest BCUT2D eigenvalue weighted by atomic mass is 79.9. The van der Waals surface area contributed by atoms with E-state index in [-0.39, 0.29) is 0 Å². The number of hydrogen-bond acceptors (Lipinski definition) is 1. The molecule has 1 rings (SSSR count). The van der Waals surface area contributed by atoms with Gasteiger partial charge in [-0.3, -0.25) is 0 Å². The maximum Gasteiger partial charge on any atom is 0.0721 e. The Balaban J connectivity index is 2.94. The molecule has 1 nitrogen and oxygen atoms in total. The van der Waals surface area contributed by atoms with Crippen LogP contribution in [0.3, 0.4) is 0 Å². The zero-order chi connectivity index (χ0) is 11.4. The number of nitrogens with one attached hydrogen (secondary N) is 1. The maximum absolute atomic E-state index is 6.12. The van der Waals surface area contributed by atoms with E-state index in [0.717, 1.165) is 23.0 Å². The van der Waals surface area contributed by atoms with Crippen LogP contribution in [0.5, 0.6) is 0 Å². The predicted octanol–water partition coefficient (Wildman–Crippen LogP) is 5.36. The minimum Gasteiger partial charge on any atom is -0.380 e. The van der Waals surface area contributed by atoms with Crippen LogP contribution in [0.25, 0.3) is 0 Å². The van der Waals surface area contributed by atoms with E-state index in [1.54, 1.807) is 0 Å². The molecule has 4 heteroatoms. The van der Waals surface area contributed by atoms with Crippen LogP contribution in [0.4, 0.5) is 5.69 Å². The molecule has 0 aliphatic carbocycles. The highest BCUT2D eigenvalue weighted by Crippen LogP contribution is 2.34. The molecule has 0 heterocycles. The second-order valence-electron chi connectivity index (χ2n) is 3.40. The third kappa shape index (κ3) is 3.54. The molecule has 1 N–H and O–H groups in total. The maximum atomic E-state index is 6.12. The summed E-state index contributed by atoms with van der Waals surface area (Å²) in [5.41, 5.74) is 0.829. The lowest BCUT2D eigenvalue weighted by atomic mass is 10.1. The molecular weight excluding hydrogens is 297 g/mol. The number of anilines is 1. The molecule has 0 saturated heterocycles. The third-order valence-electron chi connectivity index (χ3n) is 2.34. The minimum absolute atomic E-state index is 0.418. The Morgan fingerprint density at radius 2 is 1.67 bits per heavy atom. The lowest BCUT2D eigenvalue weighted by Crippen LogP contribution is -2.17. The van der Waals surface area contributed by atoms with Gasteiger partial charge in [-0.1, -0.05) is 53.0 Å². The molecule has 0 aromatic heterocycles. The summed E-state index contributed by atoms with van der Waals surface area (Å²) in [5, 5.41) is 4.67. The van der Waals surface area contributed by atoms with Gasteiger partial charge in [0.25, 0.3) is 0 Å². The van der Waals surface area contributed by atoms with E-state index in [2.05, 4.69) is 35.1 Å². The van der Waals surface area contributed by atoms with Crippen LogP contribution in [0, 0.1) is 0 Å². The molecule has 0 fully saturated rings. The largest absolute Gasteiger partial charge is 0.380 e. The van der Waals surface area contributed by atoms with E-state index in [9.17, 15) is 0 Å². The van der Waals surface area contributed by atoms with Crippen molar-refractivity contribution in [1.82, 2.24) is 0 Å². The topological polar surface area (TPSA) is 12.0 Å². The van der Waals surface area contributed by atoms with Crippen molar-refractivity contribution >= 4 is 44.8 Å². The second-order valence-corrected chi connectivity index (χ2v) is 5.13. The van der Waals surface area contributed by atoms with Gasteiger partial charge >= 0.3 is 0 Å². The van der Waals surface area contributed by atoms with Crippen molar-refractivity contribution in [2.75, 3.05) is 5.32 Å². The second kappa shape index (κ2) is 5.97. The van der Waals surface area contributed by atoms with Crippen LogP contribution in [-0.2, 0) is 0 Å². The first-order chi connectivity index (χ1) is 7.08. The molecule has 0 aliphatic heterocycles. The van der Waals surface area contributed by atoms with Crippen LogP contribution in [0.1, 0.15) is 26.7 Å². The Morgan fingerprint density at radius 3 is 2.07 bits per heavy atom. The number of halogens is 3. The predicted molar refractivity (Wildman–Crippen MR) is 72.2 cm³/mol. The fourth-order valence-corrected chi connectivity index (χ4v) is 2.69. The van der Waals surface area contributed by atoms with Crippen molar-refractivity contribution in [1.29, 1.82) is 0 Å². The number of rotatable bonds is 4. The Hall–Kier alpha value is 0.0800. The van der Waals surface area contributed by atoms with Crippen LogP contribution < -0.4 is 5.32 Å². The zero-order valence-corrected chi connectivity index (χ0v) is 11.9. The average Bonchev–Trinajstić information content (AvgIpc) is 2.17. The van der Waals surface area contributed by atoms with E-state index in [1.807, 2.05) is 12.1 Å². The summed E-state index contributed by atoms with van der Waals surface area (Å²) < 4.78 is 0.896. The SMILES string of the molecule is CCC(CC)Nc1c(Cl)cc(Br)cc1Cl. The standard InChI is InChI=1S/C11H14BrCl2N/c1-3-8(4-2)15-11-9(13)5-7(12)6-10(11)14/h5-6,8,15H,3-4H2,1-2H3. The summed E-state index contributed by atoms with van der Waals surface area (Å²) in [6, 6.07) is 4.11. The van der Waals surface area contributed by atoms with Gasteiger partial charge in [0, 0.05) is 10.5 Å². The van der Waals surface area contributed by atoms with Crippen molar-refractivity contribution in [3.8, 4) is 0 Å². The Kier molecular flexibility index (Phi) is 5.24. The normalized spacial score (nSPS) is 10.8. The van der Waals surface area contributed by atoms with Crippen LogP contribution in [0.15, 0.2) is 16.6 Å². The monoisotopic (exact) mass is 309 g/mol. The zero-order valence-electron chi connectivity index (χ0n) is 8.78. The molecule has 15 heavy (non-hydrogen) atoms. The first-order valence-electron chi connectivity index (χ1n) is 4.99. The Bertz CT molecular complexity index is 314. The van der Waals surface area contributed by atoms with E-state index in [4.69, 9.17) is 23.2 Å². The van der Waals surface area contributed by atoms with Gasteiger partial charge in [0.05, 0.1) is 15.7 Å². The van der Waals surface area contributed by atoms with Gasteiger partial charge in [-0.25, -0.2) is 0 Å². The molecule has 1 aromatic carbocycles. The van der Waals surface area contributed by atoms with E-state index < -0.39 is 0 Å². The first kappa shape index (κ1) is 13.1. The van der Waals surface area contributed by atoms with Gasteiger partial charge in [-0.2, -0.15) is 0 Å². The molecule has 0 aliphatic rings. The Morgan fingerprint density at radius 1 is 1.20 bits per heavy atom. The Labute approximate surface area is 109 Å². The van der Waals surface area contributed by atoms with Gasteiger partial charge in [0.1, 0.15) is 0 Å². The quantitative estimate of drug-likeness (QED) is 0.789. The van der Waals surface area contributed by atoms with Crippen molar-refractivity contribution in [3.05, 3.63) is 26.7 Å². The summed E-state index contributed by atoms with van der Waals surface area (Å²) in [4.78, 5) is 0. The fraction of sp³-hybridized carbons (Fsp3) is 0.455. The van der Waals surface area contributed by atoms with Crippen LogP contribution >= 0.6 is 39.1 Å². The third-order valence-corrected chi connectivity index (χ3v) is 3.39. The summed E-state index contributed by atoms with van der Waals surface area (Å²) in [6.45, 7) is 4.28. The molecule has 0 amide bonds. The van der Waals surface area contributed by atoms with E-state index in [1.165, 1.54) is 0 Å². The molecule has 1 aromatic rings. The molecule has 0 bridgehead atoms. The van der Waals surface area contributed by atoms with Crippen LogP contribution in [0.2, 0.25) is 10.0 Å². The van der Waals surface area contributed by atoms with Gasteiger partial charge in [-0.05, 0) is 25.0 Å². The van der Waals surface area contributed by atoms with Crippen molar-refractivity contribution in [2.24, 2.45) is 0 Å². The summed E-state index contributed by atoms with van der Waals surface area (Å²) in [7, 11) is 0. The number of benzene rings is 1. The molecular formula is C11H14BrCl2N. The highest BCUT2D eigenvalue weighted by Gasteiger charge is 2.10. The number of hydrogen-bond donors (Lipinski definition) is 1. The van der Waals surface area contributed by atoms with Gasteiger partial charge in [0.15, 0.2) is 0 Å². The molecule has 0 unspecified atom stereocenters. The first-order valence-corrected chi connectivity index (χ1v) is 6.54. The molecule has 84 valence electrons. The molecule has 0 radical (unpaired) electrons. The van der Waals surface area contributed by atoms with E-state index in [0.29, 0.717) is 16.1 Å². The highest BCUT2D eigenvalue weighted by molar-refractivity contribution is 9.10. The summed E-state index contributed by atoms with van der Waals surface area (Å²) in [5.74, 6) is 0. The van der Waals surface area contributed by atoms with Crippen molar-refractivity contribution in [2.45, 2.75) is 32.7 Å². The van der Waals surface area contributed by atoms with Gasteiger partial charge in [0.2, 0.25) is 0 Å².